The van der Waals surface area contributed by atoms with Crippen molar-refractivity contribution in [2.75, 3.05) is 11.9 Å². The predicted octanol–water partition coefficient (Wildman–Crippen LogP) is 2.71. The number of aromatic nitrogens is 1. The highest BCUT2D eigenvalue weighted by Gasteiger charge is 1.96. The van der Waals surface area contributed by atoms with E-state index in [4.69, 9.17) is 0 Å². The largest absolute Gasteiger partial charge is 0.365 e. The van der Waals surface area contributed by atoms with Crippen LogP contribution in [-0.4, -0.2) is 11.5 Å². The maximum atomic E-state index is 4.18. The first-order valence-corrected chi connectivity index (χ1v) is 4.48. The molecule has 0 unspecified atom stereocenters. The average molecular weight is 227 g/mol. The van der Waals surface area contributed by atoms with Gasteiger partial charge in [-0.25, -0.2) is 4.98 Å². The second-order valence-electron chi connectivity index (χ2n) is 2.54. The third-order valence-corrected chi connectivity index (χ3v) is 1.74. The summed E-state index contributed by atoms with van der Waals surface area (Å²) in [5, 5.41) is 3.15. The second-order valence-corrected chi connectivity index (χ2v) is 3.66. The van der Waals surface area contributed by atoms with Gasteiger partial charge in [0.2, 0.25) is 0 Å². The van der Waals surface area contributed by atoms with Crippen LogP contribution in [0.1, 0.15) is 5.56 Å². The number of aryl methyl sites for hydroxylation is 1. The summed E-state index contributed by atoms with van der Waals surface area (Å²) in [6.45, 7) is 6.45. The minimum atomic E-state index is 0.706. The van der Waals surface area contributed by atoms with Gasteiger partial charge in [-0.1, -0.05) is 28.6 Å². The molecular formula is C9H11BrN2. The van der Waals surface area contributed by atoms with Gasteiger partial charge in [-0.15, -0.1) is 0 Å². The van der Waals surface area contributed by atoms with Crippen LogP contribution in [0.25, 0.3) is 0 Å². The molecule has 3 heteroatoms. The fourth-order valence-electron chi connectivity index (χ4n) is 0.850. The van der Waals surface area contributed by atoms with Crippen LogP contribution in [0.5, 0.6) is 0 Å². The molecule has 0 bridgehead atoms. The summed E-state index contributed by atoms with van der Waals surface area (Å²) in [7, 11) is 0. The van der Waals surface area contributed by atoms with E-state index < -0.39 is 0 Å². The van der Waals surface area contributed by atoms with Gasteiger partial charge in [-0.2, -0.15) is 0 Å². The zero-order chi connectivity index (χ0) is 8.97. The molecule has 0 amide bonds. The molecule has 0 saturated heterocycles. The van der Waals surface area contributed by atoms with Crippen LogP contribution in [0.3, 0.4) is 0 Å². The fraction of sp³-hybridized carbons (Fsp3) is 0.222. The third-order valence-electron chi connectivity index (χ3n) is 1.46. The molecule has 0 radical (unpaired) electrons. The SMILES string of the molecule is C=C(Br)CNc1ncccc1C. The Morgan fingerprint density at radius 2 is 2.50 bits per heavy atom. The van der Waals surface area contributed by atoms with Crippen molar-refractivity contribution < 1.29 is 0 Å². The summed E-state index contributed by atoms with van der Waals surface area (Å²) in [6.07, 6.45) is 1.77. The number of rotatable bonds is 3. The number of pyridine rings is 1. The molecule has 0 saturated carbocycles. The lowest BCUT2D eigenvalue weighted by molar-refractivity contribution is 1.19. The van der Waals surface area contributed by atoms with E-state index in [-0.39, 0.29) is 0 Å². The normalized spacial score (nSPS) is 9.50. The van der Waals surface area contributed by atoms with Crippen molar-refractivity contribution in [1.82, 2.24) is 4.98 Å². The van der Waals surface area contributed by atoms with Crippen molar-refractivity contribution in [2.24, 2.45) is 0 Å². The zero-order valence-electron chi connectivity index (χ0n) is 6.97. The van der Waals surface area contributed by atoms with Crippen LogP contribution >= 0.6 is 15.9 Å². The van der Waals surface area contributed by atoms with E-state index in [0.717, 1.165) is 15.9 Å². The molecule has 0 fully saturated rings. The molecule has 0 spiro atoms. The van der Waals surface area contributed by atoms with E-state index in [1.807, 2.05) is 19.1 Å². The Hall–Kier alpha value is -0.830. The van der Waals surface area contributed by atoms with Gasteiger partial charge in [-0.05, 0) is 18.6 Å². The molecule has 1 rings (SSSR count). The van der Waals surface area contributed by atoms with Gasteiger partial charge in [0.1, 0.15) is 5.82 Å². The molecule has 0 aliphatic heterocycles. The van der Waals surface area contributed by atoms with Gasteiger partial charge >= 0.3 is 0 Å². The molecule has 12 heavy (non-hydrogen) atoms. The minimum Gasteiger partial charge on any atom is -0.365 e. The maximum absolute atomic E-state index is 4.18. The molecule has 0 aliphatic carbocycles. The third kappa shape index (κ3) is 2.66. The lowest BCUT2D eigenvalue weighted by Crippen LogP contribution is -2.03. The highest BCUT2D eigenvalue weighted by Crippen LogP contribution is 2.10. The Morgan fingerprint density at radius 1 is 1.75 bits per heavy atom. The first-order valence-electron chi connectivity index (χ1n) is 3.69. The van der Waals surface area contributed by atoms with Crippen molar-refractivity contribution in [2.45, 2.75) is 6.92 Å². The summed E-state index contributed by atoms with van der Waals surface area (Å²) in [4.78, 5) is 4.18. The van der Waals surface area contributed by atoms with Gasteiger partial charge in [0.05, 0.1) is 0 Å². The van der Waals surface area contributed by atoms with Crippen LogP contribution < -0.4 is 5.32 Å². The first-order chi connectivity index (χ1) is 5.70. The summed E-state index contributed by atoms with van der Waals surface area (Å²) >= 11 is 3.27. The van der Waals surface area contributed by atoms with E-state index in [1.165, 1.54) is 0 Å². The Morgan fingerprint density at radius 3 is 3.08 bits per heavy atom. The quantitative estimate of drug-likeness (QED) is 0.858. The number of hydrogen-bond acceptors (Lipinski definition) is 2. The van der Waals surface area contributed by atoms with Crippen molar-refractivity contribution in [3.8, 4) is 0 Å². The average Bonchev–Trinajstić information content (AvgIpc) is 2.03. The van der Waals surface area contributed by atoms with E-state index in [0.29, 0.717) is 6.54 Å². The summed E-state index contributed by atoms with van der Waals surface area (Å²) in [6, 6.07) is 3.94. The molecule has 0 atom stereocenters. The molecular weight excluding hydrogens is 216 g/mol. The Bertz CT molecular complexity index is 284. The standard InChI is InChI=1S/C9H11BrN2/c1-7-4-3-5-11-9(7)12-6-8(2)10/h3-5H,2,6H2,1H3,(H,11,12). The molecule has 2 nitrogen and oxygen atoms in total. The Kier molecular flexibility index (Phi) is 3.29. The monoisotopic (exact) mass is 226 g/mol. The van der Waals surface area contributed by atoms with Crippen molar-refractivity contribution in [3.05, 3.63) is 35.0 Å². The van der Waals surface area contributed by atoms with Crippen LogP contribution in [0.4, 0.5) is 5.82 Å². The lowest BCUT2D eigenvalue weighted by atomic mass is 10.3. The minimum absolute atomic E-state index is 0.706. The van der Waals surface area contributed by atoms with Crippen LogP contribution in [0, 0.1) is 6.92 Å². The fourth-order valence-corrected chi connectivity index (χ4v) is 0.991. The zero-order valence-corrected chi connectivity index (χ0v) is 8.56. The van der Waals surface area contributed by atoms with Gasteiger partial charge < -0.3 is 5.32 Å². The van der Waals surface area contributed by atoms with Crippen LogP contribution in [-0.2, 0) is 0 Å². The highest BCUT2D eigenvalue weighted by atomic mass is 79.9. The second kappa shape index (κ2) is 4.26. The van der Waals surface area contributed by atoms with Crippen molar-refractivity contribution in [1.29, 1.82) is 0 Å². The van der Waals surface area contributed by atoms with E-state index in [2.05, 4.69) is 32.8 Å². The van der Waals surface area contributed by atoms with E-state index in [1.54, 1.807) is 6.20 Å². The highest BCUT2D eigenvalue weighted by molar-refractivity contribution is 9.11. The number of nitrogens with zero attached hydrogens (tertiary/aromatic N) is 1. The smallest absolute Gasteiger partial charge is 0.129 e. The van der Waals surface area contributed by atoms with Crippen LogP contribution in [0.2, 0.25) is 0 Å². The topological polar surface area (TPSA) is 24.9 Å². The summed E-state index contributed by atoms with van der Waals surface area (Å²) in [5.41, 5.74) is 1.14. The lowest BCUT2D eigenvalue weighted by Gasteiger charge is -2.05. The van der Waals surface area contributed by atoms with Gasteiger partial charge in [-0.3, -0.25) is 0 Å². The molecule has 1 aromatic rings. The first kappa shape index (κ1) is 9.26. The molecule has 0 aliphatic rings. The van der Waals surface area contributed by atoms with E-state index >= 15 is 0 Å². The van der Waals surface area contributed by atoms with Gasteiger partial charge in [0, 0.05) is 17.2 Å². The molecule has 1 heterocycles. The predicted molar refractivity (Wildman–Crippen MR) is 55.5 cm³/mol. The molecule has 1 aromatic heterocycles. The molecule has 64 valence electrons. The van der Waals surface area contributed by atoms with Crippen molar-refractivity contribution >= 4 is 21.7 Å². The number of nitrogens with one attached hydrogen (secondary N) is 1. The number of anilines is 1. The Labute approximate surface area is 80.8 Å². The van der Waals surface area contributed by atoms with Crippen molar-refractivity contribution in [3.63, 3.8) is 0 Å². The Balaban J connectivity index is 2.63. The van der Waals surface area contributed by atoms with Gasteiger partial charge in [0.15, 0.2) is 0 Å². The molecule has 0 aromatic carbocycles. The molecule has 1 N–H and O–H groups in total. The summed E-state index contributed by atoms with van der Waals surface area (Å²) < 4.78 is 0.924. The number of halogens is 1. The summed E-state index contributed by atoms with van der Waals surface area (Å²) in [5.74, 6) is 0.915. The van der Waals surface area contributed by atoms with E-state index in [9.17, 15) is 0 Å². The number of hydrogen-bond donors (Lipinski definition) is 1. The van der Waals surface area contributed by atoms with Gasteiger partial charge in [0.25, 0.3) is 0 Å². The maximum Gasteiger partial charge on any atom is 0.129 e. The van der Waals surface area contributed by atoms with Crippen LogP contribution in [0.15, 0.2) is 29.4 Å².